The van der Waals surface area contributed by atoms with E-state index in [1.165, 1.54) is 24.2 Å². The van der Waals surface area contributed by atoms with Gasteiger partial charge in [-0.05, 0) is 25.7 Å². The lowest BCUT2D eigenvalue weighted by molar-refractivity contribution is 0.0972. The van der Waals surface area contributed by atoms with E-state index in [4.69, 9.17) is 11.5 Å². The van der Waals surface area contributed by atoms with Crippen molar-refractivity contribution in [3.8, 4) is 0 Å². The third kappa shape index (κ3) is 2.40. The summed E-state index contributed by atoms with van der Waals surface area (Å²) in [5, 5.41) is 4.02. The number of nitrogen functional groups attached to an aromatic ring is 1. The van der Waals surface area contributed by atoms with Crippen molar-refractivity contribution in [1.29, 1.82) is 0 Å². The van der Waals surface area contributed by atoms with E-state index in [1.54, 1.807) is 0 Å². The van der Waals surface area contributed by atoms with Crippen molar-refractivity contribution in [3.63, 3.8) is 0 Å². The van der Waals surface area contributed by atoms with Crippen LogP contribution < -0.4 is 16.8 Å². The standard InChI is InChI=1S/C14H19N3O2S/c15-10-9(13(16)19)14(17-8-3-1-2-4-8)20-12(10)11(18)7-5-6-7/h7-8,17H,1-6,15H2,(H2,16,19). The van der Waals surface area contributed by atoms with Gasteiger partial charge in [0.1, 0.15) is 5.00 Å². The fourth-order valence-electron chi connectivity index (χ4n) is 2.76. The molecule has 0 aromatic carbocycles. The highest BCUT2D eigenvalue weighted by Crippen LogP contribution is 2.42. The number of hydrogen-bond donors (Lipinski definition) is 3. The van der Waals surface area contributed by atoms with Crippen LogP contribution in [-0.2, 0) is 0 Å². The fourth-order valence-corrected chi connectivity index (χ4v) is 3.98. The number of nitrogens with one attached hydrogen (secondary N) is 1. The summed E-state index contributed by atoms with van der Waals surface area (Å²) in [6.07, 6.45) is 6.40. The molecule has 3 rings (SSSR count). The van der Waals surface area contributed by atoms with Crippen LogP contribution in [0.3, 0.4) is 0 Å². The molecule has 0 radical (unpaired) electrons. The molecule has 2 fully saturated rings. The van der Waals surface area contributed by atoms with Gasteiger partial charge in [0.15, 0.2) is 5.78 Å². The van der Waals surface area contributed by atoms with Gasteiger partial charge in [0.05, 0.1) is 16.1 Å². The third-order valence-corrected chi connectivity index (χ3v) is 5.21. The minimum Gasteiger partial charge on any atom is -0.397 e. The van der Waals surface area contributed by atoms with Crippen molar-refractivity contribution in [3.05, 3.63) is 10.4 Å². The number of thiophene rings is 1. The molecule has 1 heterocycles. The van der Waals surface area contributed by atoms with Crippen molar-refractivity contribution in [1.82, 2.24) is 0 Å². The molecule has 0 aliphatic heterocycles. The van der Waals surface area contributed by atoms with Gasteiger partial charge in [0.2, 0.25) is 0 Å². The Bertz CT molecular complexity index is 557. The van der Waals surface area contributed by atoms with Crippen LogP contribution >= 0.6 is 11.3 Å². The van der Waals surface area contributed by atoms with Gasteiger partial charge in [-0.1, -0.05) is 12.8 Å². The smallest absolute Gasteiger partial charge is 0.253 e. The van der Waals surface area contributed by atoms with Crippen LogP contribution in [0.1, 0.15) is 58.6 Å². The monoisotopic (exact) mass is 293 g/mol. The number of rotatable bonds is 5. The molecule has 0 unspecified atom stereocenters. The lowest BCUT2D eigenvalue weighted by atomic mass is 10.1. The van der Waals surface area contributed by atoms with Gasteiger partial charge < -0.3 is 16.8 Å². The van der Waals surface area contributed by atoms with Crippen LogP contribution in [0.25, 0.3) is 0 Å². The molecule has 2 saturated carbocycles. The SMILES string of the molecule is NC(=O)c1c(NC2CCCC2)sc(C(=O)C2CC2)c1N. The summed E-state index contributed by atoms with van der Waals surface area (Å²) in [5.74, 6) is -0.403. The maximum Gasteiger partial charge on any atom is 0.253 e. The topological polar surface area (TPSA) is 98.2 Å². The zero-order valence-electron chi connectivity index (χ0n) is 11.3. The van der Waals surface area contributed by atoms with E-state index in [-0.39, 0.29) is 17.4 Å². The Morgan fingerprint density at radius 3 is 2.35 bits per heavy atom. The Labute approximate surface area is 121 Å². The largest absolute Gasteiger partial charge is 0.397 e. The van der Waals surface area contributed by atoms with E-state index in [1.807, 2.05) is 0 Å². The molecule has 6 heteroatoms. The number of hydrogen-bond acceptors (Lipinski definition) is 5. The highest BCUT2D eigenvalue weighted by atomic mass is 32.1. The molecule has 2 aliphatic carbocycles. The van der Waals surface area contributed by atoms with E-state index in [2.05, 4.69) is 5.32 Å². The first-order valence-corrected chi connectivity index (χ1v) is 7.92. The first kappa shape index (κ1) is 13.4. The normalized spacial score (nSPS) is 19.2. The number of nitrogens with two attached hydrogens (primary N) is 2. The zero-order valence-corrected chi connectivity index (χ0v) is 12.1. The van der Waals surface area contributed by atoms with Gasteiger partial charge in [0.25, 0.3) is 5.91 Å². The molecule has 20 heavy (non-hydrogen) atoms. The maximum absolute atomic E-state index is 12.2. The number of primary amides is 1. The van der Waals surface area contributed by atoms with E-state index in [9.17, 15) is 9.59 Å². The van der Waals surface area contributed by atoms with Crippen molar-refractivity contribution in [2.75, 3.05) is 11.1 Å². The maximum atomic E-state index is 12.2. The van der Waals surface area contributed by atoms with Crippen LogP contribution in [0, 0.1) is 5.92 Å². The molecule has 0 spiro atoms. The molecular formula is C14H19N3O2S. The van der Waals surface area contributed by atoms with Crippen LogP contribution in [0.4, 0.5) is 10.7 Å². The second-order valence-electron chi connectivity index (χ2n) is 5.68. The number of amides is 1. The Morgan fingerprint density at radius 1 is 1.15 bits per heavy atom. The molecule has 0 atom stereocenters. The molecule has 5 nitrogen and oxygen atoms in total. The van der Waals surface area contributed by atoms with Crippen LogP contribution in [0.2, 0.25) is 0 Å². The Balaban J connectivity index is 1.92. The predicted octanol–water partition coefficient (Wildman–Crippen LogP) is 2.38. The molecule has 1 aromatic rings. The summed E-state index contributed by atoms with van der Waals surface area (Å²) in [5.41, 5.74) is 12.0. The zero-order chi connectivity index (χ0) is 14.3. The first-order chi connectivity index (χ1) is 9.58. The van der Waals surface area contributed by atoms with Crippen molar-refractivity contribution < 1.29 is 9.59 Å². The lowest BCUT2D eigenvalue weighted by Gasteiger charge is -2.12. The third-order valence-electron chi connectivity index (χ3n) is 4.05. The number of anilines is 2. The summed E-state index contributed by atoms with van der Waals surface area (Å²) in [4.78, 5) is 24.3. The van der Waals surface area contributed by atoms with E-state index < -0.39 is 5.91 Å². The number of carbonyl (C=O) groups is 2. The van der Waals surface area contributed by atoms with Gasteiger partial charge in [0, 0.05) is 12.0 Å². The van der Waals surface area contributed by atoms with Crippen LogP contribution in [-0.4, -0.2) is 17.7 Å². The molecule has 108 valence electrons. The van der Waals surface area contributed by atoms with Gasteiger partial charge in [-0.15, -0.1) is 11.3 Å². The molecule has 0 saturated heterocycles. The average Bonchev–Trinajstić information content (AvgIpc) is 3.03. The van der Waals surface area contributed by atoms with Crippen LogP contribution in [0.15, 0.2) is 0 Å². The highest BCUT2D eigenvalue weighted by molar-refractivity contribution is 7.19. The lowest BCUT2D eigenvalue weighted by Crippen LogP contribution is -2.19. The van der Waals surface area contributed by atoms with Crippen LogP contribution in [0.5, 0.6) is 0 Å². The molecule has 0 bridgehead atoms. The van der Waals surface area contributed by atoms with Crippen molar-refractivity contribution in [2.24, 2.45) is 11.7 Å². The van der Waals surface area contributed by atoms with E-state index in [0.29, 0.717) is 21.5 Å². The fraction of sp³-hybridized carbons (Fsp3) is 0.571. The van der Waals surface area contributed by atoms with Gasteiger partial charge in [-0.3, -0.25) is 9.59 Å². The second-order valence-corrected chi connectivity index (χ2v) is 6.70. The first-order valence-electron chi connectivity index (χ1n) is 7.10. The highest BCUT2D eigenvalue weighted by Gasteiger charge is 2.35. The number of ketones is 1. The van der Waals surface area contributed by atoms with Gasteiger partial charge in [-0.25, -0.2) is 0 Å². The Hall–Kier alpha value is -1.56. The molecular weight excluding hydrogens is 274 g/mol. The summed E-state index contributed by atoms with van der Waals surface area (Å²) in [7, 11) is 0. The van der Waals surface area contributed by atoms with Gasteiger partial charge >= 0.3 is 0 Å². The van der Waals surface area contributed by atoms with E-state index in [0.717, 1.165) is 25.7 Å². The second kappa shape index (κ2) is 5.09. The summed E-state index contributed by atoms with van der Waals surface area (Å²) in [6.45, 7) is 0. The average molecular weight is 293 g/mol. The summed E-state index contributed by atoms with van der Waals surface area (Å²) in [6, 6.07) is 0.357. The Morgan fingerprint density at radius 2 is 1.80 bits per heavy atom. The van der Waals surface area contributed by atoms with Crippen molar-refractivity contribution >= 4 is 33.7 Å². The quantitative estimate of drug-likeness (QED) is 0.726. The Kier molecular flexibility index (Phi) is 3.41. The van der Waals surface area contributed by atoms with Crippen molar-refractivity contribution in [2.45, 2.75) is 44.6 Å². The molecule has 5 N–H and O–H groups in total. The van der Waals surface area contributed by atoms with E-state index >= 15 is 0 Å². The molecule has 1 aromatic heterocycles. The molecule has 1 amide bonds. The number of carbonyl (C=O) groups excluding carboxylic acids is 2. The van der Waals surface area contributed by atoms with Gasteiger partial charge in [-0.2, -0.15) is 0 Å². The predicted molar refractivity (Wildman–Crippen MR) is 80.2 cm³/mol. The minimum atomic E-state index is -0.561. The summed E-state index contributed by atoms with van der Waals surface area (Å²) < 4.78 is 0. The minimum absolute atomic E-state index is 0.0643. The summed E-state index contributed by atoms with van der Waals surface area (Å²) >= 11 is 1.29. The molecule has 2 aliphatic rings. The number of Topliss-reactive ketones (excluding diaryl/α,β-unsaturated/α-hetero) is 1.